The van der Waals surface area contributed by atoms with Crippen LogP contribution in [0.2, 0.25) is 0 Å². The molecule has 1 heterocycles. The number of carbonyl (C=O) groups excluding carboxylic acids is 3. The van der Waals surface area contributed by atoms with Crippen molar-refractivity contribution < 1.29 is 73.3 Å². The number of rotatable bonds is 16. The normalized spacial score (nSPS) is 14.4. The zero-order valence-corrected chi connectivity index (χ0v) is 19.0. The summed E-state index contributed by atoms with van der Waals surface area (Å²) < 4.78 is 8.19. The fourth-order valence-corrected chi connectivity index (χ4v) is 3.12. The average Bonchev–Trinajstić information content (AvgIpc) is 3.09. The number of amides is 3. The van der Waals surface area contributed by atoms with Gasteiger partial charge in [0.2, 0.25) is 5.91 Å². The van der Waals surface area contributed by atoms with Gasteiger partial charge < -0.3 is 20.6 Å². The molecule has 0 saturated carbocycles. The van der Waals surface area contributed by atoms with Crippen LogP contribution in [0.15, 0.2) is 24.3 Å². The third kappa shape index (κ3) is 16.3. The van der Waals surface area contributed by atoms with Gasteiger partial charge in [-0.3, -0.25) is 28.9 Å². The van der Waals surface area contributed by atoms with Crippen molar-refractivity contribution in [1.82, 2.24) is 10.2 Å². The Labute approximate surface area is 204 Å². The minimum atomic E-state index is -1.28. The highest BCUT2D eigenvalue weighted by atomic mass is 32.2. The van der Waals surface area contributed by atoms with E-state index in [4.69, 9.17) is 25.8 Å². The highest BCUT2D eigenvalue weighted by Gasteiger charge is 2.28. The molecule has 3 amide bonds. The fraction of sp³-hybridized carbons (Fsp3) is 0.375. The Bertz CT molecular complexity index is 801. The van der Waals surface area contributed by atoms with Crippen LogP contribution in [0.1, 0.15) is 12.8 Å². The summed E-state index contributed by atoms with van der Waals surface area (Å²) in [6.45, 7) is -0.256. The Morgan fingerprint density at radius 3 is 1.83 bits per heavy atom. The van der Waals surface area contributed by atoms with Crippen molar-refractivity contribution in [3.8, 4) is 0 Å². The molecule has 0 radical (unpaired) electrons. The summed E-state index contributed by atoms with van der Waals surface area (Å²) in [6, 6.07) is 0. The fourth-order valence-electron chi connectivity index (χ4n) is 2.04. The van der Waals surface area contributed by atoms with E-state index in [1.54, 1.807) is 0 Å². The van der Waals surface area contributed by atoms with Crippen molar-refractivity contribution >= 4 is 59.7 Å². The maximum atomic E-state index is 11.2. The van der Waals surface area contributed by atoms with E-state index in [9.17, 15) is 28.8 Å². The van der Waals surface area contributed by atoms with Gasteiger partial charge in [0.1, 0.15) is 0 Å². The Morgan fingerprint density at radius 2 is 1.37 bits per heavy atom. The van der Waals surface area contributed by atoms with Crippen molar-refractivity contribution in [2.24, 2.45) is 0 Å². The van der Waals surface area contributed by atoms with Gasteiger partial charge in [-0.25, -0.2) is 15.3 Å². The molecule has 6 N–H and O–H groups in total. The Morgan fingerprint density at radius 1 is 0.886 bits per heavy atom. The number of aliphatic carboxylic acids is 3. The number of carboxylic acids is 3. The van der Waals surface area contributed by atoms with Gasteiger partial charge in [-0.05, 0) is 0 Å². The van der Waals surface area contributed by atoms with E-state index in [2.05, 4.69) is 24.1 Å². The van der Waals surface area contributed by atoms with Crippen LogP contribution in [0.3, 0.4) is 0 Å². The molecule has 0 fully saturated rings. The lowest BCUT2D eigenvalue weighted by Crippen LogP contribution is -2.36. The number of nitrogens with zero attached hydrogens (tertiary/aromatic N) is 1. The number of carbonyl (C=O) groups is 6. The lowest BCUT2D eigenvalue weighted by atomic mass is 10.3. The van der Waals surface area contributed by atoms with Gasteiger partial charge in [0, 0.05) is 61.5 Å². The molecular weight excluding hydrogens is 524 g/mol. The highest BCUT2D eigenvalue weighted by Crippen LogP contribution is 2.19. The first-order valence-electron chi connectivity index (χ1n) is 8.93. The second kappa shape index (κ2) is 18.3. The van der Waals surface area contributed by atoms with Gasteiger partial charge in [0.05, 0.1) is 23.3 Å². The lowest BCUT2D eigenvalue weighted by Gasteiger charge is -2.19. The summed E-state index contributed by atoms with van der Waals surface area (Å²) in [7, 11) is 0. The van der Waals surface area contributed by atoms with Crippen LogP contribution in [0.25, 0.3) is 0 Å². The number of nitrogens with one attached hydrogen (secondary N) is 1. The molecule has 35 heavy (non-hydrogen) atoms. The van der Waals surface area contributed by atoms with Gasteiger partial charge in [-0.2, -0.15) is 0 Å². The quantitative estimate of drug-likeness (QED) is 0.0469. The molecule has 0 saturated heterocycles. The monoisotopic (exact) mass is 544 g/mol. The predicted octanol–water partition coefficient (Wildman–Crippen LogP) is -0.520. The molecular formula is C16H20N2O15S2. The minimum absolute atomic E-state index is 0.108. The minimum Gasteiger partial charge on any atom is -0.481 e. The predicted molar refractivity (Wildman–Crippen MR) is 113 cm³/mol. The zero-order valence-electron chi connectivity index (χ0n) is 17.4. The van der Waals surface area contributed by atoms with E-state index in [0.29, 0.717) is 30.2 Å². The van der Waals surface area contributed by atoms with E-state index in [1.807, 2.05) is 0 Å². The molecule has 0 aliphatic carbocycles. The molecule has 0 aromatic carbocycles. The zero-order chi connectivity index (χ0) is 26.8. The first kappa shape index (κ1) is 32.0. The Hall–Kier alpha value is -3.04. The lowest BCUT2D eigenvalue weighted by molar-refractivity contribution is -0.432. The van der Waals surface area contributed by atoms with Crippen LogP contribution < -0.4 is 5.32 Å². The standard InChI is InChI=1S/C8H11NO8S.C8H9NO7S/c10-6(1-2-7(11)12)9-4-5(3-8(13)14)18-17-16-15;10-6-1-2-7(11)9(6)4-5(3-8(12)13)17-16-15-14/h1-2,5,15H,3-4H2,(H,9,10)(H,11,12)(H,13,14);1-2,5,14H,3-4H2,(H,12,13)/b2-1-;. The van der Waals surface area contributed by atoms with Crippen molar-refractivity contribution in [3.05, 3.63) is 24.3 Å². The Kier molecular flexibility index (Phi) is 16.7. The molecule has 1 aliphatic heterocycles. The molecule has 2 unspecified atom stereocenters. The molecule has 1 rings (SSSR count). The third-order valence-corrected chi connectivity index (χ3v) is 4.86. The van der Waals surface area contributed by atoms with Crippen molar-refractivity contribution in [2.75, 3.05) is 13.1 Å². The smallest absolute Gasteiger partial charge is 0.328 e. The van der Waals surface area contributed by atoms with Crippen LogP contribution in [-0.2, 0) is 47.5 Å². The highest BCUT2D eigenvalue weighted by molar-refractivity contribution is 7.95. The third-order valence-electron chi connectivity index (χ3n) is 3.38. The summed E-state index contributed by atoms with van der Waals surface area (Å²) in [5, 5.41) is 48.8. The van der Waals surface area contributed by atoms with Crippen LogP contribution >= 0.6 is 24.1 Å². The number of hydrogen-bond donors (Lipinski definition) is 6. The number of imide groups is 1. The van der Waals surface area contributed by atoms with E-state index >= 15 is 0 Å². The maximum absolute atomic E-state index is 11.2. The molecule has 196 valence electrons. The summed E-state index contributed by atoms with van der Waals surface area (Å²) >= 11 is 1.02. The molecule has 0 bridgehead atoms. The molecule has 0 aromatic rings. The maximum Gasteiger partial charge on any atom is 0.328 e. The Balaban J connectivity index is 0.000000661. The topological polar surface area (TPSA) is 256 Å². The largest absolute Gasteiger partial charge is 0.481 e. The molecule has 0 spiro atoms. The van der Waals surface area contributed by atoms with Crippen molar-refractivity contribution in [3.63, 3.8) is 0 Å². The van der Waals surface area contributed by atoms with E-state index in [0.717, 1.165) is 23.1 Å². The van der Waals surface area contributed by atoms with Crippen molar-refractivity contribution in [1.29, 1.82) is 0 Å². The number of hydrogen-bond acceptors (Lipinski definition) is 14. The SMILES string of the molecule is O=C(O)/C=C\C(=O)NCC(CC(=O)O)SOOO.O=C(O)CC(CN1C(=O)C=CC1=O)SOOO. The molecule has 19 heteroatoms. The summed E-state index contributed by atoms with van der Waals surface area (Å²) in [5.74, 6) is -5.27. The second-order valence-electron chi connectivity index (χ2n) is 5.95. The summed E-state index contributed by atoms with van der Waals surface area (Å²) in [5.41, 5.74) is 0. The first-order valence-corrected chi connectivity index (χ1v) is 10.5. The second-order valence-corrected chi connectivity index (χ2v) is 7.94. The van der Waals surface area contributed by atoms with Crippen LogP contribution in [0.4, 0.5) is 0 Å². The first-order chi connectivity index (χ1) is 16.5. The van der Waals surface area contributed by atoms with Crippen LogP contribution in [0, 0.1) is 0 Å². The molecule has 17 nitrogen and oxygen atoms in total. The molecule has 2 atom stereocenters. The van der Waals surface area contributed by atoms with E-state index < -0.39 is 46.1 Å². The van der Waals surface area contributed by atoms with Gasteiger partial charge in [0.15, 0.2) is 0 Å². The van der Waals surface area contributed by atoms with Gasteiger partial charge in [-0.1, -0.05) is 10.1 Å². The van der Waals surface area contributed by atoms with Crippen molar-refractivity contribution in [2.45, 2.75) is 23.3 Å². The van der Waals surface area contributed by atoms with E-state index in [-0.39, 0.29) is 25.9 Å². The summed E-state index contributed by atoms with van der Waals surface area (Å²) in [4.78, 5) is 65.5. The average molecular weight is 544 g/mol. The van der Waals surface area contributed by atoms with Gasteiger partial charge in [0.25, 0.3) is 11.8 Å². The van der Waals surface area contributed by atoms with Crippen LogP contribution in [0.5, 0.6) is 0 Å². The van der Waals surface area contributed by atoms with Gasteiger partial charge >= 0.3 is 17.9 Å². The van der Waals surface area contributed by atoms with E-state index in [1.165, 1.54) is 0 Å². The molecule has 0 aromatic heterocycles. The van der Waals surface area contributed by atoms with Gasteiger partial charge in [-0.15, -0.1) is 8.67 Å². The summed E-state index contributed by atoms with van der Waals surface area (Å²) in [6.07, 6.45) is 2.90. The molecule has 1 aliphatic rings. The number of carboxylic acid groups (broad SMARTS) is 3. The van der Waals surface area contributed by atoms with Crippen LogP contribution in [-0.4, -0.2) is 90.0 Å².